The van der Waals surface area contributed by atoms with Crippen LogP contribution in [0.25, 0.3) is 0 Å². The van der Waals surface area contributed by atoms with E-state index in [0.29, 0.717) is 17.2 Å². The number of carbonyl (C=O) groups is 2. The number of nitrogens with zero attached hydrogens (tertiary/aromatic N) is 2. The molecule has 1 aromatic carbocycles. The summed E-state index contributed by atoms with van der Waals surface area (Å²) in [5.74, 6) is -0.525. The molecule has 112 valence electrons. The van der Waals surface area contributed by atoms with Gasteiger partial charge in [-0.25, -0.2) is 0 Å². The first kappa shape index (κ1) is 14.1. The number of fused-ring (bicyclic) bond motifs is 1. The van der Waals surface area contributed by atoms with E-state index in [0.717, 1.165) is 31.6 Å². The van der Waals surface area contributed by atoms with Crippen LogP contribution >= 0.6 is 0 Å². The maximum absolute atomic E-state index is 11.8. The zero-order valence-electron chi connectivity index (χ0n) is 12.4. The average molecular weight is 288 g/mol. The predicted molar refractivity (Wildman–Crippen MR) is 80.8 cm³/mol. The molecule has 1 aromatic rings. The van der Waals surface area contributed by atoms with Crippen LogP contribution in [0.2, 0.25) is 0 Å². The van der Waals surface area contributed by atoms with Gasteiger partial charge in [-0.2, -0.15) is 0 Å². The number of aliphatic hydroxyl groups excluding tert-OH is 1. The minimum absolute atomic E-state index is 0.256. The molecule has 1 atom stereocenters. The average Bonchev–Trinajstić information content (AvgIpc) is 2.72. The van der Waals surface area contributed by atoms with Crippen LogP contribution in [0.3, 0.4) is 0 Å². The summed E-state index contributed by atoms with van der Waals surface area (Å²) in [7, 11) is 1.63. The van der Waals surface area contributed by atoms with Crippen molar-refractivity contribution in [3.05, 3.63) is 23.8 Å². The summed E-state index contributed by atoms with van der Waals surface area (Å²) < 4.78 is 0. The molecule has 3 rings (SSSR count). The molecule has 2 aliphatic heterocycles. The van der Waals surface area contributed by atoms with Gasteiger partial charge in [-0.1, -0.05) is 0 Å². The second-order valence-electron chi connectivity index (χ2n) is 5.96. The van der Waals surface area contributed by atoms with Gasteiger partial charge in [-0.05, 0) is 43.9 Å². The number of rotatable bonds is 2. The van der Waals surface area contributed by atoms with E-state index in [1.165, 1.54) is 4.90 Å². The van der Waals surface area contributed by atoms with Crippen molar-refractivity contribution in [1.82, 2.24) is 0 Å². The van der Waals surface area contributed by atoms with E-state index < -0.39 is 11.7 Å². The molecule has 0 aliphatic carbocycles. The second kappa shape index (κ2) is 5.15. The van der Waals surface area contributed by atoms with Gasteiger partial charge in [-0.3, -0.25) is 9.59 Å². The van der Waals surface area contributed by atoms with Crippen molar-refractivity contribution in [2.75, 3.05) is 29.9 Å². The van der Waals surface area contributed by atoms with Crippen molar-refractivity contribution in [2.24, 2.45) is 5.92 Å². The fourth-order valence-electron chi connectivity index (χ4n) is 3.20. The van der Waals surface area contributed by atoms with Crippen molar-refractivity contribution in [1.29, 1.82) is 0 Å². The van der Waals surface area contributed by atoms with Crippen LogP contribution in [-0.2, 0) is 4.79 Å². The molecule has 0 saturated carbocycles. The Labute approximate surface area is 124 Å². The third kappa shape index (κ3) is 2.31. The van der Waals surface area contributed by atoms with Gasteiger partial charge < -0.3 is 14.9 Å². The molecule has 0 aromatic heterocycles. The number of hydrogen-bond acceptors (Lipinski definition) is 4. The van der Waals surface area contributed by atoms with E-state index in [9.17, 15) is 14.7 Å². The van der Waals surface area contributed by atoms with E-state index in [1.807, 2.05) is 19.1 Å². The van der Waals surface area contributed by atoms with Crippen molar-refractivity contribution in [3.8, 4) is 0 Å². The van der Waals surface area contributed by atoms with Crippen LogP contribution in [0.5, 0.6) is 0 Å². The molecule has 2 aliphatic rings. The Hall–Kier alpha value is -1.88. The lowest BCUT2D eigenvalue weighted by Crippen LogP contribution is -2.37. The quantitative estimate of drug-likeness (QED) is 0.837. The molecule has 0 radical (unpaired) electrons. The number of aliphatic hydroxyl groups is 1. The molecule has 0 bridgehead atoms. The van der Waals surface area contributed by atoms with Crippen molar-refractivity contribution < 1.29 is 14.7 Å². The Kier molecular flexibility index (Phi) is 3.45. The first-order valence-corrected chi connectivity index (χ1v) is 7.38. The standard InChI is InChI=1S/C16H20N2O3/c1-10(19)11-5-7-18(8-6-11)12-3-4-13-14(9-12)17(2)16(21)15(13)20/h3-4,9-11,19H,5-8H2,1-2H3. The monoisotopic (exact) mass is 288 g/mol. The van der Waals surface area contributed by atoms with Gasteiger partial charge in [-0.15, -0.1) is 0 Å². The first-order valence-electron chi connectivity index (χ1n) is 7.38. The van der Waals surface area contributed by atoms with Crippen LogP contribution in [-0.4, -0.2) is 43.0 Å². The minimum atomic E-state index is -0.463. The van der Waals surface area contributed by atoms with Gasteiger partial charge in [0.15, 0.2) is 0 Å². The number of piperidine rings is 1. The smallest absolute Gasteiger partial charge is 0.299 e. The summed E-state index contributed by atoms with van der Waals surface area (Å²) in [4.78, 5) is 27.2. The molecule has 1 unspecified atom stereocenters. The Bertz CT molecular complexity index is 589. The molecule has 0 spiro atoms. The largest absolute Gasteiger partial charge is 0.393 e. The highest BCUT2D eigenvalue weighted by atomic mass is 16.3. The summed E-state index contributed by atoms with van der Waals surface area (Å²) in [5.41, 5.74) is 2.22. The zero-order valence-corrected chi connectivity index (χ0v) is 12.4. The van der Waals surface area contributed by atoms with E-state index in [4.69, 9.17) is 0 Å². The minimum Gasteiger partial charge on any atom is -0.393 e. The highest BCUT2D eigenvalue weighted by Gasteiger charge is 2.34. The summed E-state index contributed by atoms with van der Waals surface area (Å²) in [6, 6.07) is 5.57. The third-order valence-corrected chi connectivity index (χ3v) is 4.67. The van der Waals surface area contributed by atoms with Gasteiger partial charge in [0.25, 0.3) is 11.7 Å². The highest BCUT2D eigenvalue weighted by molar-refractivity contribution is 6.52. The number of carbonyl (C=O) groups excluding carboxylic acids is 2. The lowest BCUT2D eigenvalue weighted by Gasteiger charge is -2.35. The fraction of sp³-hybridized carbons (Fsp3) is 0.500. The SMILES string of the molecule is CC(O)C1CCN(c2ccc3c(c2)N(C)C(=O)C3=O)CC1. The lowest BCUT2D eigenvalue weighted by molar-refractivity contribution is -0.114. The van der Waals surface area contributed by atoms with Crippen LogP contribution in [0.15, 0.2) is 18.2 Å². The molecule has 1 N–H and O–H groups in total. The molecule has 1 fully saturated rings. The molecule has 1 saturated heterocycles. The molecular weight excluding hydrogens is 268 g/mol. The zero-order chi connectivity index (χ0) is 15.1. The second-order valence-corrected chi connectivity index (χ2v) is 5.96. The summed E-state index contributed by atoms with van der Waals surface area (Å²) >= 11 is 0. The number of anilines is 2. The number of benzene rings is 1. The number of hydrogen-bond donors (Lipinski definition) is 1. The maximum Gasteiger partial charge on any atom is 0.299 e. The summed E-state index contributed by atoms with van der Waals surface area (Å²) in [5, 5.41) is 9.65. The molecule has 2 heterocycles. The van der Waals surface area contributed by atoms with Crippen molar-refractivity contribution >= 4 is 23.1 Å². The van der Waals surface area contributed by atoms with Crippen LogP contribution < -0.4 is 9.80 Å². The van der Waals surface area contributed by atoms with Crippen LogP contribution in [0, 0.1) is 5.92 Å². The highest BCUT2D eigenvalue weighted by Crippen LogP contribution is 2.33. The summed E-state index contributed by atoms with van der Waals surface area (Å²) in [6.45, 7) is 3.63. The topological polar surface area (TPSA) is 60.9 Å². The lowest BCUT2D eigenvalue weighted by atomic mass is 9.92. The molecular formula is C16H20N2O3. The van der Waals surface area contributed by atoms with Crippen molar-refractivity contribution in [3.63, 3.8) is 0 Å². The maximum atomic E-state index is 11.8. The Morgan fingerprint density at radius 1 is 1.24 bits per heavy atom. The molecule has 1 amide bonds. The number of amides is 1. The fourth-order valence-corrected chi connectivity index (χ4v) is 3.20. The number of likely N-dealkylation sites (N-methyl/N-ethyl adjacent to an activating group) is 1. The van der Waals surface area contributed by atoms with E-state index in [2.05, 4.69) is 4.90 Å². The summed E-state index contributed by atoms with van der Waals surface area (Å²) in [6.07, 6.45) is 1.67. The molecule has 5 heteroatoms. The Morgan fingerprint density at radius 2 is 1.90 bits per heavy atom. The Balaban J connectivity index is 1.80. The van der Waals surface area contributed by atoms with E-state index >= 15 is 0 Å². The molecule has 5 nitrogen and oxygen atoms in total. The molecule has 21 heavy (non-hydrogen) atoms. The number of ketones is 1. The van der Waals surface area contributed by atoms with Gasteiger partial charge >= 0.3 is 0 Å². The number of Topliss-reactive ketones (excluding diaryl/α,β-unsaturated/α-hetero) is 1. The normalized spacial score (nSPS) is 20.9. The Morgan fingerprint density at radius 3 is 2.52 bits per heavy atom. The van der Waals surface area contributed by atoms with Crippen LogP contribution in [0.1, 0.15) is 30.1 Å². The van der Waals surface area contributed by atoms with Gasteiger partial charge in [0.1, 0.15) is 0 Å². The first-order chi connectivity index (χ1) is 9.99. The van der Waals surface area contributed by atoms with Crippen LogP contribution in [0.4, 0.5) is 11.4 Å². The third-order valence-electron chi connectivity index (χ3n) is 4.67. The van der Waals surface area contributed by atoms with Gasteiger partial charge in [0.2, 0.25) is 0 Å². The van der Waals surface area contributed by atoms with Crippen molar-refractivity contribution in [2.45, 2.75) is 25.9 Å². The van der Waals surface area contributed by atoms with E-state index in [1.54, 1.807) is 13.1 Å². The van der Waals surface area contributed by atoms with Gasteiger partial charge in [0, 0.05) is 25.8 Å². The van der Waals surface area contributed by atoms with E-state index in [-0.39, 0.29) is 6.10 Å². The predicted octanol–water partition coefficient (Wildman–Crippen LogP) is 1.44. The van der Waals surface area contributed by atoms with Gasteiger partial charge in [0.05, 0.1) is 17.4 Å².